The molecule has 1 aliphatic carbocycles. The molecule has 2 unspecified atom stereocenters. The Labute approximate surface area is 55.9 Å². The van der Waals surface area contributed by atoms with Crippen LogP contribution in [0.3, 0.4) is 0 Å². The van der Waals surface area contributed by atoms with Crippen LogP contribution in [0.5, 0.6) is 0 Å². The lowest BCUT2D eigenvalue weighted by Crippen LogP contribution is -2.04. The van der Waals surface area contributed by atoms with Crippen LogP contribution >= 0.6 is 0 Å². The maximum atomic E-state index is 5.61. The predicted octanol–water partition coefficient (Wildman–Crippen LogP) is 0.239. The minimum absolute atomic E-state index is 0.288. The average molecular weight is 126 g/mol. The van der Waals surface area contributed by atoms with Crippen LogP contribution in [0.4, 0.5) is 0 Å². The molecule has 1 aliphatic rings. The van der Waals surface area contributed by atoms with Crippen LogP contribution in [0.25, 0.3) is 0 Å². The van der Waals surface area contributed by atoms with E-state index in [2.05, 4.69) is 6.58 Å². The molecule has 0 radical (unpaired) electrons. The van der Waals surface area contributed by atoms with Crippen LogP contribution in [0.15, 0.2) is 12.2 Å². The van der Waals surface area contributed by atoms with Gasteiger partial charge in [0.2, 0.25) is 0 Å². The van der Waals surface area contributed by atoms with Gasteiger partial charge in [-0.25, -0.2) is 0 Å². The zero-order valence-corrected chi connectivity index (χ0v) is 5.64. The number of rotatable bonds is 3. The van der Waals surface area contributed by atoms with Crippen molar-refractivity contribution < 1.29 is 0 Å². The zero-order chi connectivity index (χ0) is 6.85. The van der Waals surface area contributed by atoms with Crippen molar-refractivity contribution in [3.8, 4) is 0 Å². The van der Waals surface area contributed by atoms with Crippen molar-refractivity contribution in [2.75, 3.05) is 6.54 Å². The number of nitrogens with two attached hydrogens (primary N) is 2. The second-order valence-corrected chi connectivity index (χ2v) is 2.64. The molecule has 0 aromatic heterocycles. The first kappa shape index (κ1) is 6.78. The van der Waals surface area contributed by atoms with Gasteiger partial charge in [0.25, 0.3) is 0 Å². The lowest BCUT2D eigenvalue weighted by Gasteiger charge is -1.91. The van der Waals surface area contributed by atoms with Crippen molar-refractivity contribution in [3.05, 3.63) is 12.2 Å². The Bertz CT molecular complexity index is 120. The highest BCUT2D eigenvalue weighted by Crippen LogP contribution is 2.37. The molecule has 0 aromatic carbocycles. The fourth-order valence-corrected chi connectivity index (χ4v) is 1.10. The van der Waals surface area contributed by atoms with E-state index >= 15 is 0 Å². The van der Waals surface area contributed by atoms with Gasteiger partial charge in [-0.2, -0.15) is 0 Å². The van der Waals surface area contributed by atoms with Gasteiger partial charge in [-0.3, -0.25) is 0 Å². The molecule has 1 fully saturated rings. The molecule has 2 atom stereocenters. The molecule has 1 saturated carbocycles. The summed E-state index contributed by atoms with van der Waals surface area (Å²) in [4.78, 5) is 0. The summed E-state index contributed by atoms with van der Waals surface area (Å²) in [7, 11) is 0. The lowest BCUT2D eigenvalue weighted by molar-refractivity contribution is 0.665. The molecular weight excluding hydrogens is 112 g/mol. The fraction of sp³-hybridized carbons (Fsp3) is 0.714. The molecule has 0 spiro atoms. The van der Waals surface area contributed by atoms with Crippen LogP contribution in [0.1, 0.15) is 12.8 Å². The first-order chi connectivity index (χ1) is 4.27. The molecule has 1 rings (SSSR count). The summed E-state index contributed by atoms with van der Waals surface area (Å²) in [6.45, 7) is 4.59. The Morgan fingerprint density at radius 2 is 2.11 bits per heavy atom. The normalized spacial score (nSPS) is 32.9. The third-order valence-electron chi connectivity index (χ3n) is 1.95. The predicted molar refractivity (Wildman–Crippen MR) is 38.9 cm³/mol. The van der Waals surface area contributed by atoms with Crippen LogP contribution in [0, 0.1) is 5.92 Å². The summed E-state index contributed by atoms with van der Waals surface area (Å²) in [5.74, 6) is 0.591. The highest BCUT2D eigenvalue weighted by Gasteiger charge is 2.37. The van der Waals surface area contributed by atoms with E-state index in [0.29, 0.717) is 5.92 Å². The quantitative estimate of drug-likeness (QED) is 0.532. The number of hydrogen-bond acceptors (Lipinski definition) is 2. The standard InChI is InChI=1S/C7H14N2/c1-5-6(7(5)9)3-2-4-8/h6-7H,1-4,8-9H2. The lowest BCUT2D eigenvalue weighted by atomic mass is 10.2. The highest BCUT2D eigenvalue weighted by atomic mass is 14.8. The molecular formula is C7H14N2. The summed E-state index contributed by atoms with van der Waals surface area (Å²) in [5.41, 5.74) is 12.1. The highest BCUT2D eigenvalue weighted by molar-refractivity contribution is 5.30. The van der Waals surface area contributed by atoms with Gasteiger partial charge in [-0.1, -0.05) is 12.2 Å². The third-order valence-corrected chi connectivity index (χ3v) is 1.95. The molecule has 0 aromatic rings. The van der Waals surface area contributed by atoms with Crippen molar-refractivity contribution in [2.45, 2.75) is 18.9 Å². The van der Waals surface area contributed by atoms with Gasteiger partial charge in [0.05, 0.1) is 0 Å². The van der Waals surface area contributed by atoms with Gasteiger partial charge in [-0.05, 0) is 19.4 Å². The molecule has 4 N–H and O–H groups in total. The summed E-state index contributed by atoms with van der Waals surface area (Å²) < 4.78 is 0. The van der Waals surface area contributed by atoms with Gasteiger partial charge in [0, 0.05) is 12.0 Å². The maximum Gasteiger partial charge on any atom is 0.0321 e. The largest absolute Gasteiger partial charge is 0.330 e. The Hall–Kier alpha value is -0.340. The average Bonchev–Trinajstić information content (AvgIpc) is 2.39. The second kappa shape index (κ2) is 2.50. The van der Waals surface area contributed by atoms with E-state index in [1.165, 1.54) is 5.57 Å². The molecule has 0 saturated heterocycles. The summed E-state index contributed by atoms with van der Waals surface area (Å²) >= 11 is 0. The van der Waals surface area contributed by atoms with Crippen molar-refractivity contribution in [1.82, 2.24) is 0 Å². The van der Waals surface area contributed by atoms with Crippen LogP contribution in [-0.4, -0.2) is 12.6 Å². The van der Waals surface area contributed by atoms with E-state index in [-0.39, 0.29) is 6.04 Å². The van der Waals surface area contributed by atoms with Crippen molar-refractivity contribution in [3.63, 3.8) is 0 Å². The molecule has 2 nitrogen and oxygen atoms in total. The summed E-state index contributed by atoms with van der Waals surface area (Å²) in [5, 5.41) is 0. The van der Waals surface area contributed by atoms with Crippen LogP contribution in [0.2, 0.25) is 0 Å². The minimum Gasteiger partial charge on any atom is -0.330 e. The van der Waals surface area contributed by atoms with Crippen molar-refractivity contribution >= 4 is 0 Å². The molecule has 0 bridgehead atoms. The minimum atomic E-state index is 0.288. The van der Waals surface area contributed by atoms with E-state index in [1.807, 2.05) is 0 Å². The smallest absolute Gasteiger partial charge is 0.0321 e. The van der Waals surface area contributed by atoms with Crippen molar-refractivity contribution in [2.24, 2.45) is 17.4 Å². The molecule has 2 heteroatoms. The molecule has 9 heavy (non-hydrogen) atoms. The van der Waals surface area contributed by atoms with Gasteiger partial charge in [0.1, 0.15) is 0 Å². The van der Waals surface area contributed by atoms with Crippen LogP contribution in [-0.2, 0) is 0 Å². The first-order valence-corrected chi connectivity index (χ1v) is 3.41. The van der Waals surface area contributed by atoms with Gasteiger partial charge < -0.3 is 11.5 Å². The van der Waals surface area contributed by atoms with E-state index in [9.17, 15) is 0 Å². The second-order valence-electron chi connectivity index (χ2n) is 2.64. The number of hydrogen-bond donors (Lipinski definition) is 2. The molecule has 0 aliphatic heterocycles. The Morgan fingerprint density at radius 3 is 2.44 bits per heavy atom. The van der Waals surface area contributed by atoms with E-state index in [0.717, 1.165) is 19.4 Å². The molecule has 52 valence electrons. The van der Waals surface area contributed by atoms with E-state index in [4.69, 9.17) is 11.5 Å². The van der Waals surface area contributed by atoms with E-state index < -0.39 is 0 Å². The van der Waals surface area contributed by atoms with Crippen LogP contribution < -0.4 is 11.5 Å². The van der Waals surface area contributed by atoms with Gasteiger partial charge in [-0.15, -0.1) is 0 Å². The monoisotopic (exact) mass is 126 g/mol. The Kier molecular flexibility index (Phi) is 1.88. The van der Waals surface area contributed by atoms with Gasteiger partial charge >= 0.3 is 0 Å². The SMILES string of the molecule is C=C1C(N)C1CCCN. The Balaban J connectivity index is 2.11. The maximum absolute atomic E-state index is 5.61. The summed E-state index contributed by atoms with van der Waals surface area (Å²) in [6, 6.07) is 0.288. The first-order valence-electron chi connectivity index (χ1n) is 3.41. The zero-order valence-electron chi connectivity index (χ0n) is 5.64. The molecule has 0 heterocycles. The third kappa shape index (κ3) is 1.32. The molecule has 0 amide bonds. The van der Waals surface area contributed by atoms with Gasteiger partial charge in [0.15, 0.2) is 0 Å². The summed E-state index contributed by atoms with van der Waals surface area (Å²) in [6.07, 6.45) is 2.22. The Morgan fingerprint density at radius 1 is 1.56 bits per heavy atom. The van der Waals surface area contributed by atoms with E-state index in [1.54, 1.807) is 0 Å². The topological polar surface area (TPSA) is 52.0 Å². The fourth-order valence-electron chi connectivity index (χ4n) is 1.10. The van der Waals surface area contributed by atoms with Crippen molar-refractivity contribution in [1.29, 1.82) is 0 Å².